The largest absolute Gasteiger partial charge is 0.350 e. The van der Waals surface area contributed by atoms with Crippen molar-refractivity contribution in [2.45, 2.75) is 39.9 Å². The molecule has 0 spiro atoms. The first-order valence-corrected chi connectivity index (χ1v) is 10.4. The van der Waals surface area contributed by atoms with Gasteiger partial charge in [0, 0.05) is 13.1 Å². The van der Waals surface area contributed by atoms with Gasteiger partial charge in [-0.3, -0.25) is 18.7 Å². The van der Waals surface area contributed by atoms with Crippen LogP contribution in [-0.4, -0.2) is 15.0 Å². The fraction of sp³-hybridized carbons (Fsp3) is 0.350. The average Bonchev–Trinajstić information content (AvgIpc) is 3.16. The molecule has 0 aliphatic carbocycles. The molecule has 2 aromatic heterocycles. The highest BCUT2D eigenvalue weighted by Crippen LogP contribution is 2.17. The number of nitrogens with zero attached hydrogens (tertiary/aromatic N) is 2. The molecule has 1 aromatic carbocycles. The van der Waals surface area contributed by atoms with Crippen molar-refractivity contribution in [2.75, 3.05) is 0 Å². The minimum absolute atomic E-state index is 0.0230. The van der Waals surface area contributed by atoms with Crippen molar-refractivity contribution in [3.8, 4) is 0 Å². The molecule has 0 bridgehead atoms. The van der Waals surface area contributed by atoms with E-state index < -0.39 is 17.4 Å². The van der Waals surface area contributed by atoms with Gasteiger partial charge in [0.15, 0.2) is 0 Å². The number of aromatic nitrogens is 2. The van der Waals surface area contributed by atoms with Gasteiger partial charge in [-0.05, 0) is 41.5 Å². The van der Waals surface area contributed by atoms with E-state index in [2.05, 4.69) is 5.32 Å². The summed E-state index contributed by atoms with van der Waals surface area (Å²) in [6.07, 6.45) is 0.684. The van der Waals surface area contributed by atoms with Crippen LogP contribution in [0, 0.1) is 11.7 Å². The molecule has 0 unspecified atom stereocenters. The predicted molar refractivity (Wildman–Crippen MR) is 113 cm³/mol. The molecule has 0 saturated heterocycles. The second kappa shape index (κ2) is 8.92. The van der Waals surface area contributed by atoms with Crippen molar-refractivity contribution in [2.24, 2.45) is 5.92 Å². The first-order chi connectivity index (χ1) is 13.8. The average molecular weight is 438 g/mol. The number of carbonyl (C=O) groups excluding carboxylic acids is 1. The zero-order chi connectivity index (χ0) is 21.1. The normalized spacial score (nSPS) is 11.3. The Morgan fingerprint density at radius 3 is 2.69 bits per heavy atom. The van der Waals surface area contributed by atoms with Crippen molar-refractivity contribution in [3.05, 3.63) is 66.9 Å². The minimum Gasteiger partial charge on any atom is -0.350 e. The molecule has 1 amide bonds. The zero-order valence-electron chi connectivity index (χ0n) is 16.1. The Morgan fingerprint density at radius 1 is 1.24 bits per heavy atom. The monoisotopic (exact) mass is 437 g/mol. The number of benzene rings is 1. The van der Waals surface area contributed by atoms with Crippen molar-refractivity contribution in [3.63, 3.8) is 0 Å². The maximum Gasteiger partial charge on any atom is 0.332 e. The van der Waals surface area contributed by atoms with E-state index in [1.54, 1.807) is 11.4 Å². The number of amides is 1. The quantitative estimate of drug-likeness (QED) is 0.615. The van der Waals surface area contributed by atoms with Gasteiger partial charge in [-0.15, -0.1) is 11.3 Å². The van der Waals surface area contributed by atoms with Crippen molar-refractivity contribution in [1.29, 1.82) is 0 Å². The summed E-state index contributed by atoms with van der Waals surface area (Å²) in [6, 6.07) is 5.86. The maximum atomic E-state index is 13.2. The Morgan fingerprint density at radius 2 is 2.00 bits per heavy atom. The zero-order valence-corrected chi connectivity index (χ0v) is 17.6. The smallest absolute Gasteiger partial charge is 0.332 e. The fourth-order valence-electron chi connectivity index (χ4n) is 2.92. The molecule has 0 fully saturated rings. The van der Waals surface area contributed by atoms with Crippen molar-refractivity contribution in [1.82, 2.24) is 14.5 Å². The lowest BCUT2D eigenvalue weighted by Gasteiger charge is -2.13. The molecule has 0 radical (unpaired) electrons. The van der Waals surface area contributed by atoms with Crippen LogP contribution in [0.5, 0.6) is 0 Å². The van der Waals surface area contributed by atoms with E-state index in [1.807, 2.05) is 13.8 Å². The summed E-state index contributed by atoms with van der Waals surface area (Å²) < 4.78 is 16.2. The number of carbonyl (C=O) groups is 1. The van der Waals surface area contributed by atoms with Gasteiger partial charge in [0.2, 0.25) is 5.91 Å². The second-order valence-corrected chi connectivity index (χ2v) is 8.49. The number of halogens is 2. The Bertz CT molecular complexity index is 1170. The fourth-order valence-corrected chi connectivity index (χ4v) is 3.97. The molecule has 3 aromatic rings. The SMILES string of the molecule is CC(C)CCn1c(=O)c2sccc2n(CC(=O)NCc2ccc(F)c(Cl)c2)c1=O. The van der Waals surface area contributed by atoms with E-state index in [1.165, 1.54) is 38.7 Å². The summed E-state index contributed by atoms with van der Waals surface area (Å²) in [6.45, 7) is 4.26. The Hall–Kier alpha value is -2.45. The summed E-state index contributed by atoms with van der Waals surface area (Å²) in [7, 11) is 0. The molecule has 0 aliphatic rings. The molecule has 0 aliphatic heterocycles. The van der Waals surface area contributed by atoms with E-state index in [9.17, 15) is 18.8 Å². The summed E-state index contributed by atoms with van der Waals surface area (Å²) in [4.78, 5) is 38.0. The first-order valence-electron chi connectivity index (χ1n) is 9.19. The molecule has 3 rings (SSSR count). The van der Waals surface area contributed by atoms with Crippen LogP contribution in [0.1, 0.15) is 25.8 Å². The molecule has 154 valence electrons. The number of rotatable bonds is 7. The standard InChI is InChI=1S/C20H21ClFN3O3S/c1-12(2)5-7-24-19(27)18-16(6-8-29-18)25(20(24)28)11-17(26)23-10-13-3-4-15(22)14(21)9-13/h3-4,6,8-9,12H,5,7,10-11H2,1-2H3,(H,23,26). The maximum absolute atomic E-state index is 13.2. The van der Waals surface area contributed by atoms with Crippen molar-refractivity contribution < 1.29 is 9.18 Å². The lowest BCUT2D eigenvalue weighted by atomic mass is 10.1. The molecule has 2 heterocycles. The van der Waals surface area contributed by atoms with Gasteiger partial charge in [-0.25, -0.2) is 9.18 Å². The van der Waals surface area contributed by atoms with E-state index in [0.29, 0.717) is 34.7 Å². The second-order valence-electron chi connectivity index (χ2n) is 7.17. The molecule has 6 nitrogen and oxygen atoms in total. The Balaban J connectivity index is 1.84. The number of nitrogens with one attached hydrogen (secondary N) is 1. The number of thiophene rings is 1. The lowest BCUT2D eigenvalue weighted by Crippen LogP contribution is -2.42. The van der Waals surface area contributed by atoms with Crippen LogP contribution in [0.25, 0.3) is 10.2 Å². The molecular weight excluding hydrogens is 417 g/mol. The summed E-state index contributed by atoms with van der Waals surface area (Å²) >= 11 is 7.00. The third kappa shape index (κ3) is 4.76. The van der Waals surface area contributed by atoms with Crippen LogP contribution in [0.15, 0.2) is 39.2 Å². The third-order valence-corrected chi connectivity index (χ3v) is 5.72. The van der Waals surface area contributed by atoms with E-state index in [0.717, 1.165) is 0 Å². The van der Waals surface area contributed by atoms with Crippen LogP contribution >= 0.6 is 22.9 Å². The summed E-state index contributed by atoms with van der Waals surface area (Å²) in [5.74, 6) is -0.592. The van der Waals surface area contributed by atoms with Gasteiger partial charge >= 0.3 is 5.69 Å². The van der Waals surface area contributed by atoms with Crippen LogP contribution < -0.4 is 16.6 Å². The highest BCUT2D eigenvalue weighted by Gasteiger charge is 2.16. The lowest BCUT2D eigenvalue weighted by molar-refractivity contribution is -0.121. The highest BCUT2D eigenvalue weighted by atomic mass is 35.5. The molecule has 29 heavy (non-hydrogen) atoms. The van der Waals surface area contributed by atoms with Gasteiger partial charge in [0.1, 0.15) is 17.1 Å². The van der Waals surface area contributed by atoms with Crippen LogP contribution in [0.4, 0.5) is 4.39 Å². The van der Waals surface area contributed by atoms with Gasteiger partial charge in [-0.2, -0.15) is 0 Å². The van der Waals surface area contributed by atoms with Gasteiger partial charge < -0.3 is 5.32 Å². The van der Waals surface area contributed by atoms with Gasteiger partial charge in [-0.1, -0.05) is 31.5 Å². The first kappa shape index (κ1) is 21.3. The van der Waals surface area contributed by atoms with E-state index in [-0.39, 0.29) is 23.7 Å². The third-order valence-electron chi connectivity index (χ3n) is 4.54. The summed E-state index contributed by atoms with van der Waals surface area (Å²) in [5, 5.41) is 4.41. The molecule has 0 saturated carbocycles. The van der Waals surface area contributed by atoms with Crippen LogP contribution in [0.2, 0.25) is 5.02 Å². The van der Waals surface area contributed by atoms with Gasteiger partial charge in [0.25, 0.3) is 5.56 Å². The number of hydrogen-bond donors (Lipinski definition) is 1. The van der Waals surface area contributed by atoms with E-state index in [4.69, 9.17) is 11.6 Å². The van der Waals surface area contributed by atoms with Crippen molar-refractivity contribution >= 4 is 39.1 Å². The minimum atomic E-state index is -0.531. The number of hydrogen-bond acceptors (Lipinski definition) is 4. The van der Waals surface area contributed by atoms with Crippen LogP contribution in [0.3, 0.4) is 0 Å². The molecular formula is C20H21ClFN3O3S. The Kier molecular flexibility index (Phi) is 6.54. The van der Waals surface area contributed by atoms with Crippen LogP contribution in [-0.2, 0) is 24.4 Å². The van der Waals surface area contributed by atoms with E-state index >= 15 is 0 Å². The number of fused-ring (bicyclic) bond motifs is 1. The Labute approximate surface area is 175 Å². The summed E-state index contributed by atoms with van der Waals surface area (Å²) in [5.41, 5.74) is 0.269. The predicted octanol–water partition coefficient (Wildman–Crippen LogP) is 3.38. The molecule has 1 N–H and O–H groups in total. The van der Waals surface area contributed by atoms with Gasteiger partial charge in [0.05, 0.1) is 10.5 Å². The molecule has 0 atom stereocenters. The highest BCUT2D eigenvalue weighted by molar-refractivity contribution is 7.17. The molecule has 9 heteroatoms. The topological polar surface area (TPSA) is 73.1 Å².